The average molecular weight is 341 g/mol. The van der Waals surface area contributed by atoms with Crippen LogP contribution in [-0.4, -0.2) is 48.4 Å². The van der Waals surface area contributed by atoms with Gasteiger partial charge >= 0.3 is 0 Å². The molecule has 25 heavy (non-hydrogen) atoms. The van der Waals surface area contributed by atoms with Crippen molar-refractivity contribution in [3.63, 3.8) is 0 Å². The fraction of sp³-hybridized carbons (Fsp3) is 0.524. The molecule has 0 radical (unpaired) electrons. The third kappa shape index (κ3) is 2.59. The van der Waals surface area contributed by atoms with E-state index < -0.39 is 0 Å². The monoisotopic (exact) mass is 341 g/mol. The minimum absolute atomic E-state index is 0.266. The maximum Gasteiger partial charge on any atom is 0.130 e. The summed E-state index contributed by atoms with van der Waals surface area (Å²) in [5, 5.41) is 10.8. The molecule has 134 valence electrons. The van der Waals surface area contributed by atoms with Crippen LogP contribution in [0.2, 0.25) is 0 Å². The van der Waals surface area contributed by atoms with Gasteiger partial charge in [0.2, 0.25) is 0 Å². The molecule has 0 amide bonds. The number of likely N-dealkylation sites (N-methyl/N-ethyl adjacent to an activating group) is 1. The second-order valence-electron chi connectivity index (χ2n) is 7.99. The molecular formula is C21H29N2O2+. The molecule has 4 heteroatoms. The number of ether oxygens (including phenoxy) is 1. The van der Waals surface area contributed by atoms with Crippen molar-refractivity contribution in [3.8, 4) is 5.75 Å². The third-order valence-corrected chi connectivity index (χ3v) is 6.67. The minimum atomic E-state index is 0.266. The number of fused-ring (bicyclic) bond motifs is 5. The number of quaternary nitrogens is 1. The van der Waals surface area contributed by atoms with Gasteiger partial charge in [-0.1, -0.05) is 6.08 Å². The first-order chi connectivity index (χ1) is 12.1. The molecule has 4 nitrogen and oxygen atoms in total. The Kier molecular flexibility index (Phi) is 4.13. The number of hydrogen-bond donors (Lipinski definition) is 2. The van der Waals surface area contributed by atoms with E-state index in [1.165, 1.54) is 22.2 Å². The zero-order valence-corrected chi connectivity index (χ0v) is 15.3. The molecule has 2 aliphatic rings. The van der Waals surface area contributed by atoms with Crippen molar-refractivity contribution < 1.29 is 14.3 Å². The lowest BCUT2D eigenvalue weighted by atomic mass is 9.75. The van der Waals surface area contributed by atoms with Crippen molar-refractivity contribution in [1.82, 2.24) is 4.98 Å². The van der Waals surface area contributed by atoms with Gasteiger partial charge in [0, 0.05) is 36.3 Å². The summed E-state index contributed by atoms with van der Waals surface area (Å²) in [6.45, 7) is 6.62. The molecule has 2 N–H and O–H groups in total. The van der Waals surface area contributed by atoms with Crippen LogP contribution in [0.4, 0.5) is 0 Å². The number of nitrogens with zero attached hydrogens (tertiary/aromatic N) is 1. The molecule has 1 aromatic carbocycles. The number of piperidine rings is 1. The van der Waals surface area contributed by atoms with Gasteiger partial charge in [-0.25, -0.2) is 0 Å². The van der Waals surface area contributed by atoms with E-state index in [9.17, 15) is 5.11 Å². The summed E-state index contributed by atoms with van der Waals surface area (Å²) >= 11 is 0. The number of H-pyrrole nitrogens is 1. The number of aliphatic hydroxyl groups is 1. The zero-order chi connectivity index (χ0) is 17.6. The summed E-state index contributed by atoms with van der Waals surface area (Å²) in [6.07, 6.45) is 5.21. The predicted octanol–water partition coefficient (Wildman–Crippen LogP) is 3.42. The Morgan fingerprint density at radius 2 is 2.28 bits per heavy atom. The van der Waals surface area contributed by atoms with Crippen molar-refractivity contribution in [2.24, 2.45) is 11.8 Å². The zero-order valence-electron chi connectivity index (χ0n) is 15.3. The third-order valence-electron chi connectivity index (χ3n) is 6.67. The molecule has 2 aliphatic heterocycles. The molecule has 1 saturated heterocycles. The maximum absolute atomic E-state index is 9.50. The second kappa shape index (κ2) is 6.19. The van der Waals surface area contributed by atoms with Crippen molar-refractivity contribution >= 4 is 10.9 Å². The first-order valence-electron chi connectivity index (χ1n) is 9.35. The SMILES string of the molecule is C=C[C@H]1C[N@+]2(C)CCc3c([nH]c4ccc(OC)cc34)[C@@H]2C[C@@H]1CCO. The van der Waals surface area contributed by atoms with Crippen LogP contribution in [0.25, 0.3) is 10.9 Å². The van der Waals surface area contributed by atoms with Gasteiger partial charge in [0.25, 0.3) is 0 Å². The van der Waals surface area contributed by atoms with Crippen molar-refractivity contribution in [2.45, 2.75) is 25.3 Å². The van der Waals surface area contributed by atoms with Crippen molar-refractivity contribution in [1.29, 1.82) is 0 Å². The molecule has 0 spiro atoms. The molecule has 0 saturated carbocycles. The van der Waals surface area contributed by atoms with Gasteiger partial charge < -0.3 is 19.3 Å². The Labute approximate surface area is 149 Å². The van der Waals surface area contributed by atoms with E-state index in [4.69, 9.17) is 4.74 Å². The predicted molar refractivity (Wildman–Crippen MR) is 101 cm³/mol. The highest BCUT2D eigenvalue weighted by molar-refractivity contribution is 5.86. The van der Waals surface area contributed by atoms with Gasteiger partial charge in [0.05, 0.1) is 32.9 Å². The Morgan fingerprint density at radius 1 is 1.44 bits per heavy atom. The van der Waals surface area contributed by atoms with Crippen LogP contribution >= 0.6 is 0 Å². The summed E-state index contributed by atoms with van der Waals surface area (Å²) in [7, 11) is 4.12. The van der Waals surface area contributed by atoms with E-state index in [0.717, 1.165) is 42.6 Å². The van der Waals surface area contributed by atoms with E-state index in [1.54, 1.807) is 7.11 Å². The van der Waals surface area contributed by atoms with Gasteiger partial charge in [-0.15, -0.1) is 6.58 Å². The second-order valence-corrected chi connectivity index (χ2v) is 7.99. The fourth-order valence-electron chi connectivity index (χ4n) is 5.21. The maximum atomic E-state index is 9.50. The van der Waals surface area contributed by atoms with Gasteiger partial charge in [-0.2, -0.15) is 0 Å². The quantitative estimate of drug-likeness (QED) is 0.661. The average Bonchev–Trinajstić information content (AvgIpc) is 2.99. The van der Waals surface area contributed by atoms with Crippen LogP contribution in [0, 0.1) is 11.8 Å². The topological polar surface area (TPSA) is 45.2 Å². The number of methoxy groups -OCH3 is 1. The lowest BCUT2D eigenvalue weighted by molar-refractivity contribution is -0.950. The van der Waals surface area contributed by atoms with Crippen molar-refractivity contribution in [2.75, 3.05) is 33.9 Å². The molecule has 3 heterocycles. The molecule has 1 fully saturated rings. The van der Waals surface area contributed by atoms with Crippen LogP contribution in [0.5, 0.6) is 5.75 Å². The highest BCUT2D eigenvalue weighted by Crippen LogP contribution is 2.47. The molecule has 1 aromatic heterocycles. The van der Waals surface area contributed by atoms with Gasteiger partial charge in [0.15, 0.2) is 0 Å². The number of aliphatic hydroxyl groups excluding tert-OH is 1. The Balaban J connectivity index is 1.77. The van der Waals surface area contributed by atoms with E-state index in [0.29, 0.717) is 17.9 Å². The number of nitrogens with one attached hydrogen (secondary N) is 1. The standard InChI is InChI=1S/C21H29N2O2/c1-4-14-13-23(2)9-7-17-18-12-16(25-3)5-6-19(18)22-21(17)20(23)11-15(14)8-10-24/h4-6,12,14-15,20,22,24H,1,7-11,13H2,2-3H3/q+1/t14-,15-,20-,23-/m0/s1. The smallest absolute Gasteiger partial charge is 0.130 e. The highest BCUT2D eigenvalue weighted by atomic mass is 16.5. The molecule has 0 unspecified atom stereocenters. The van der Waals surface area contributed by atoms with Gasteiger partial charge in [-0.3, -0.25) is 0 Å². The highest BCUT2D eigenvalue weighted by Gasteiger charge is 2.48. The van der Waals surface area contributed by atoms with E-state index >= 15 is 0 Å². The first kappa shape index (κ1) is 16.7. The fourth-order valence-corrected chi connectivity index (χ4v) is 5.21. The summed E-state index contributed by atoms with van der Waals surface area (Å²) in [5.74, 6) is 1.94. The number of hydrogen-bond acceptors (Lipinski definition) is 2. The molecule has 0 aliphatic carbocycles. The summed E-state index contributed by atoms with van der Waals surface area (Å²) in [6, 6.07) is 6.81. The lowest BCUT2D eigenvalue weighted by Gasteiger charge is -2.51. The number of rotatable bonds is 4. The number of benzene rings is 1. The molecule has 4 rings (SSSR count). The lowest BCUT2D eigenvalue weighted by Crippen LogP contribution is -2.58. The van der Waals surface area contributed by atoms with E-state index in [1.807, 2.05) is 6.07 Å². The minimum Gasteiger partial charge on any atom is -0.497 e. The van der Waals surface area contributed by atoms with E-state index in [-0.39, 0.29) is 6.61 Å². The van der Waals surface area contributed by atoms with Gasteiger partial charge in [-0.05, 0) is 36.1 Å². The molecule has 4 atom stereocenters. The first-order valence-corrected chi connectivity index (χ1v) is 9.35. The van der Waals surface area contributed by atoms with Crippen molar-refractivity contribution in [3.05, 3.63) is 42.1 Å². The summed E-state index contributed by atoms with van der Waals surface area (Å²) in [4.78, 5) is 3.73. The summed E-state index contributed by atoms with van der Waals surface area (Å²) < 4.78 is 6.51. The Bertz CT molecular complexity index is 797. The summed E-state index contributed by atoms with van der Waals surface area (Å²) in [5.41, 5.74) is 4.08. The Morgan fingerprint density at radius 3 is 3.00 bits per heavy atom. The molecule has 2 aromatic rings. The van der Waals surface area contributed by atoms with Crippen LogP contribution in [0.1, 0.15) is 30.1 Å². The van der Waals surface area contributed by atoms with Crippen LogP contribution in [-0.2, 0) is 6.42 Å². The van der Waals surface area contributed by atoms with Crippen LogP contribution in [0.15, 0.2) is 30.9 Å². The largest absolute Gasteiger partial charge is 0.497 e. The molecular weight excluding hydrogens is 312 g/mol. The normalized spacial score (nSPS) is 31.4. The number of aromatic nitrogens is 1. The van der Waals surface area contributed by atoms with Crippen LogP contribution < -0.4 is 4.74 Å². The van der Waals surface area contributed by atoms with E-state index in [2.05, 4.69) is 36.8 Å². The number of aromatic amines is 1. The van der Waals surface area contributed by atoms with Crippen LogP contribution in [0.3, 0.4) is 0 Å². The van der Waals surface area contributed by atoms with Gasteiger partial charge in [0.1, 0.15) is 11.8 Å². The Hall–Kier alpha value is -1.78. The molecule has 0 bridgehead atoms.